The van der Waals surface area contributed by atoms with Crippen molar-refractivity contribution in [3.8, 4) is 0 Å². The van der Waals surface area contributed by atoms with Gasteiger partial charge in [-0.1, -0.05) is 64.7 Å². The van der Waals surface area contributed by atoms with E-state index < -0.39 is 17.5 Å². The molecule has 1 nitrogen and oxygen atoms in total. The summed E-state index contributed by atoms with van der Waals surface area (Å²) in [4.78, 5) is 0. The number of ether oxygens (including phenoxy) is 1. The van der Waals surface area contributed by atoms with Gasteiger partial charge in [-0.25, -0.2) is 13.2 Å². The average molecular weight is 429 g/mol. The number of rotatable bonds is 17. The number of hydrogen-bond acceptors (Lipinski definition) is 1. The van der Waals surface area contributed by atoms with Gasteiger partial charge in [-0.3, -0.25) is 0 Å². The molecule has 4 heteroatoms. The van der Waals surface area contributed by atoms with Gasteiger partial charge in [-0.2, -0.15) is 0 Å². The third-order valence-electron chi connectivity index (χ3n) is 6.24. The number of halogens is 3. The van der Waals surface area contributed by atoms with Crippen molar-refractivity contribution in [3.05, 3.63) is 35.1 Å². The van der Waals surface area contributed by atoms with Crippen LogP contribution < -0.4 is 0 Å². The lowest BCUT2D eigenvalue weighted by molar-refractivity contribution is -0.0605. The Bertz CT molecular complexity index is 586. The summed E-state index contributed by atoms with van der Waals surface area (Å²) in [6.07, 6.45) is 14.6. The van der Waals surface area contributed by atoms with Crippen molar-refractivity contribution in [1.29, 1.82) is 0 Å². The van der Waals surface area contributed by atoms with E-state index in [1.165, 1.54) is 44.9 Å². The number of hydrogen-bond donors (Lipinski definition) is 0. The van der Waals surface area contributed by atoms with Crippen LogP contribution in [0.4, 0.5) is 13.2 Å². The van der Waals surface area contributed by atoms with Gasteiger partial charge in [-0.05, 0) is 64.0 Å². The fraction of sp³-hybridized carbons (Fsp3) is 0.769. The lowest BCUT2D eigenvalue weighted by Crippen LogP contribution is -2.34. The van der Waals surface area contributed by atoms with Crippen LogP contribution in [0.25, 0.3) is 0 Å². The van der Waals surface area contributed by atoms with Crippen LogP contribution in [0.1, 0.15) is 110 Å². The van der Waals surface area contributed by atoms with Crippen LogP contribution in [0.5, 0.6) is 0 Å². The van der Waals surface area contributed by atoms with E-state index >= 15 is 0 Å². The molecule has 0 fully saturated rings. The van der Waals surface area contributed by atoms with E-state index in [-0.39, 0.29) is 11.2 Å². The normalized spacial score (nSPS) is 13.0. The van der Waals surface area contributed by atoms with Gasteiger partial charge in [0, 0.05) is 12.7 Å². The summed E-state index contributed by atoms with van der Waals surface area (Å²) in [6, 6.07) is 1.64. The number of aryl methyl sites for hydroxylation is 1. The summed E-state index contributed by atoms with van der Waals surface area (Å²) in [6.45, 7) is 9.46. The quantitative estimate of drug-likeness (QED) is 0.178. The molecular formula is C26H43F3O. The first-order chi connectivity index (χ1) is 14.3. The van der Waals surface area contributed by atoms with Gasteiger partial charge in [0.15, 0.2) is 11.6 Å². The van der Waals surface area contributed by atoms with Crippen LogP contribution in [0.15, 0.2) is 12.1 Å². The monoisotopic (exact) mass is 428 g/mol. The Labute approximate surface area is 182 Å². The molecule has 1 aromatic rings. The van der Waals surface area contributed by atoms with E-state index in [1.54, 1.807) is 0 Å². The van der Waals surface area contributed by atoms with E-state index in [1.807, 2.05) is 0 Å². The standard InChI is InChI=1S/C26H43F3O/c1-5-7-8-9-10-14-17-22(26(3,4)30-6-2)18-15-12-11-13-16-21-19-24(28)25(29)20-23(21)27/h19-20,22H,5-18H2,1-4H3. The van der Waals surface area contributed by atoms with E-state index in [9.17, 15) is 13.2 Å². The molecule has 0 radical (unpaired) electrons. The van der Waals surface area contributed by atoms with Gasteiger partial charge in [0.05, 0.1) is 5.60 Å². The highest BCUT2D eigenvalue weighted by Crippen LogP contribution is 2.31. The summed E-state index contributed by atoms with van der Waals surface area (Å²) in [5, 5.41) is 0. The lowest BCUT2D eigenvalue weighted by atomic mass is 9.82. The summed E-state index contributed by atoms with van der Waals surface area (Å²) in [7, 11) is 0. The van der Waals surface area contributed by atoms with Gasteiger partial charge in [0.1, 0.15) is 5.82 Å². The zero-order chi connectivity index (χ0) is 22.4. The molecule has 1 rings (SSSR count). The van der Waals surface area contributed by atoms with Crippen molar-refractivity contribution in [2.75, 3.05) is 6.61 Å². The number of unbranched alkanes of at least 4 members (excludes halogenated alkanes) is 8. The van der Waals surface area contributed by atoms with Crippen molar-refractivity contribution >= 4 is 0 Å². The molecule has 0 spiro atoms. The Hall–Kier alpha value is -1.03. The Morgan fingerprint density at radius 2 is 1.27 bits per heavy atom. The first kappa shape index (κ1) is 27.0. The Balaban J connectivity index is 2.35. The second-order valence-electron chi connectivity index (χ2n) is 9.10. The minimum absolute atomic E-state index is 0.104. The van der Waals surface area contributed by atoms with Crippen LogP contribution in [0.3, 0.4) is 0 Å². The van der Waals surface area contributed by atoms with Gasteiger partial charge in [-0.15, -0.1) is 0 Å². The fourth-order valence-corrected chi connectivity index (χ4v) is 4.32. The molecule has 0 heterocycles. The zero-order valence-electron chi connectivity index (χ0n) is 19.7. The Morgan fingerprint density at radius 1 is 0.733 bits per heavy atom. The molecule has 0 saturated carbocycles. The van der Waals surface area contributed by atoms with E-state index in [4.69, 9.17) is 4.74 Å². The SMILES string of the molecule is CCCCCCCCC(CCCCCCc1cc(F)c(F)cc1F)C(C)(C)OCC. The largest absolute Gasteiger partial charge is 0.376 e. The van der Waals surface area contributed by atoms with Gasteiger partial charge < -0.3 is 4.74 Å². The maximum absolute atomic E-state index is 13.7. The van der Waals surface area contributed by atoms with Crippen molar-refractivity contribution in [2.24, 2.45) is 5.92 Å². The van der Waals surface area contributed by atoms with Crippen LogP contribution in [0.2, 0.25) is 0 Å². The molecule has 0 amide bonds. The summed E-state index contributed by atoms with van der Waals surface area (Å²) >= 11 is 0. The molecule has 174 valence electrons. The first-order valence-electron chi connectivity index (χ1n) is 12.1. The van der Waals surface area contributed by atoms with Crippen LogP contribution in [-0.4, -0.2) is 12.2 Å². The average Bonchev–Trinajstić information content (AvgIpc) is 2.68. The maximum Gasteiger partial charge on any atom is 0.161 e. The fourth-order valence-electron chi connectivity index (χ4n) is 4.32. The van der Waals surface area contributed by atoms with E-state index in [0.717, 1.165) is 44.8 Å². The summed E-state index contributed by atoms with van der Waals surface area (Å²) < 4.78 is 46.1. The Kier molecular flexibility index (Phi) is 13.4. The van der Waals surface area contributed by atoms with Gasteiger partial charge >= 0.3 is 0 Å². The first-order valence-corrected chi connectivity index (χ1v) is 12.1. The zero-order valence-corrected chi connectivity index (χ0v) is 19.7. The molecule has 0 N–H and O–H groups in total. The molecule has 0 aliphatic carbocycles. The van der Waals surface area contributed by atoms with Crippen LogP contribution in [0, 0.1) is 23.4 Å². The highest BCUT2D eigenvalue weighted by Gasteiger charge is 2.29. The van der Waals surface area contributed by atoms with Crippen LogP contribution >= 0.6 is 0 Å². The molecule has 0 aliphatic heterocycles. The molecule has 1 unspecified atom stereocenters. The third kappa shape index (κ3) is 10.3. The summed E-state index contributed by atoms with van der Waals surface area (Å²) in [5.41, 5.74) is 0.166. The van der Waals surface area contributed by atoms with Crippen molar-refractivity contribution in [1.82, 2.24) is 0 Å². The van der Waals surface area contributed by atoms with Gasteiger partial charge in [0.2, 0.25) is 0 Å². The Morgan fingerprint density at radius 3 is 1.87 bits per heavy atom. The molecule has 0 saturated heterocycles. The summed E-state index contributed by atoms with van der Waals surface area (Å²) in [5.74, 6) is -2.19. The second-order valence-corrected chi connectivity index (χ2v) is 9.10. The van der Waals surface area contributed by atoms with Crippen molar-refractivity contribution < 1.29 is 17.9 Å². The molecule has 1 atom stereocenters. The third-order valence-corrected chi connectivity index (χ3v) is 6.24. The second kappa shape index (κ2) is 14.9. The van der Waals surface area contributed by atoms with Gasteiger partial charge in [0.25, 0.3) is 0 Å². The predicted octanol–water partition coefficient (Wildman–Crippen LogP) is 8.78. The smallest absolute Gasteiger partial charge is 0.161 e. The maximum atomic E-state index is 13.7. The molecule has 0 aromatic heterocycles. The molecule has 0 aliphatic rings. The lowest BCUT2D eigenvalue weighted by Gasteiger charge is -2.34. The molecule has 30 heavy (non-hydrogen) atoms. The van der Waals surface area contributed by atoms with E-state index in [0.29, 0.717) is 18.4 Å². The van der Waals surface area contributed by atoms with Crippen molar-refractivity contribution in [2.45, 2.75) is 117 Å². The predicted molar refractivity (Wildman–Crippen MR) is 120 cm³/mol. The molecule has 1 aromatic carbocycles. The molecular weight excluding hydrogens is 385 g/mol. The highest BCUT2D eigenvalue weighted by molar-refractivity contribution is 5.20. The topological polar surface area (TPSA) is 9.23 Å². The number of benzene rings is 1. The highest BCUT2D eigenvalue weighted by atomic mass is 19.2. The van der Waals surface area contributed by atoms with Crippen molar-refractivity contribution in [3.63, 3.8) is 0 Å². The molecule has 0 bridgehead atoms. The minimum atomic E-state index is -1.12. The van der Waals surface area contributed by atoms with Crippen LogP contribution in [-0.2, 0) is 11.2 Å². The minimum Gasteiger partial charge on any atom is -0.376 e. The van der Waals surface area contributed by atoms with E-state index in [2.05, 4.69) is 27.7 Å².